The number of hydrogen-bond acceptors (Lipinski definition) is 7. The van der Waals surface area contributed by atoms with Crippen LogP contribution in [0.4, 0.5) is 0 Å². The lowest BCUT2D eigenvalue weighted by molar-refractivity contribution is -0.311. The van der Waals surface area contributed by atoms with E-state index in [1.54, 1.807) is 6.08 Å². The summed E-state index contributed by atoms with van der Waals surface area (Å²) in [6.45, 7) is 1.37. The molecule has 8 heteroatoms. The predicted octanol–water partition coefficient (Wildman–Crippen LogP) is -0.997. The fraction of sp³-hybridized carbons (Fsp3) is 0.786. The Balaban J connectivity index is 2.72. The third-order valence-corrected chi connectivity index (χ3v) is 3.38. The lowest BCUT2D eigenvalue weighted by Gasteiger charge is -2.40. The number of aliphatic hydroxyl groups excluding tert-OH is 4. The van der Waals surface area contributed by atoms with Gasteiger partial charge < -0.3 is 35.0 Å². The van der Waals surface area contributed by atoms with Crippen LogP contribution in [0.25, 0.3) is 0 Å². The van der Waals surface area contributed by atoms with Gasteiger partial charge in [-0.15, -0.1) is 0 Å². The van der Waals surface area contributed by atoms with Crippen LogP contribution in [-0.2, 0) is 14.3 Å². The summed E-state index contributed by atoms with van der Waals surface area (Å²) >= 11 is 0. The summed E-state index contributed by atoms with van der Waals surface area (Å²) in [5.74, 6) is -1.07. The van der Waals surface area contributed by atoms with Crippen molar-refractivity contribution in [3.8, 4) is 0 Å². The molecule has 8 nitrogen and oxygen atoms in total. The van der Waals surface area contributed by atoms with Gasteiger partial charge in [-0.05, 0) is 12.8 Å². The number of carbonyl (C=O) groups is 1. The van der Waals surface area contributed by atoms with Gasteiger partial charge >= 0.3 is 5.97 Å². The van der Waals surface area contributed by atoms with Crippen molar-refractivity contribution in [3.05, 3.63) is 12.2 Å². The van der Waals surface area contributed by atoms with Gasteiger partial charge in [0.25, 0.3) is 0 Å². The first kappa shape index (κ1) is 19.0. The summed E-state index contributed by atoms with van der Waals surface area (Å²) in [7, 11) is 0. The molecule has 6 atom stereocenters. The molecule has 0 aromatic heterocycles. The van der Waals surface area contributed by atoms with Crippen LogP contribution in [0.1, 0.15) is 26.2 Å². The van der Waals surface area contributed by atoms with Crippen LogP contribution in [0.3, 0.4) is 0 Å². The Kier molecular flexibility index (Phi) is 7.94. The SMILES string of the molecule is CC/C=C\CC(CC(=O)O)O[C@H]1O[C@H](CO)[C@@H](O)[C@H](O)[C@H]1O. The average molecular weight is 320 g/mol. The van der Waals surface area contributed by atoms with Crippen LogP contribution >= 0.6 is 0 Å². The molecule has 0 saturated carbocycles. The number of carboxylic acid groups (broad SMARTS) is 1. The molecule has 1 heterocycles. The highest BCUT2D eigenvalue weighted by Crippen LogP contribution is 2.24. The molecule has 1 aliphatic heterocycles. The summed E-state index contributed by atoms with van der Waals surface area (Å²) < 4.78 is 10.6. The second-order valence-electron chi connectivity index (χ2n) is 5.17. The zero-order valence-corrected chi connectivity index (χ0v) is 12.4. The standard InChI is InChI=1S/C14H24O8/c1-2-3-4-5-8(6-10(16)17)21-14-13(20)12(19)11(18)9(7-15)22-14/h3-4,8-9,11-15,18-20H,2,5-7H2,1H3,(H,16,17)/b4-3-/t8?,9-,11-,12+,13-,14+/m1/s1. The maximum atomic E-state index is 10.9. The molecular formula is C14H24O8. The van der Waals surface area contributed by atoms with E-state index in [4.69, 9.17) is 19.7 Å². The summed E-state index contributed by atoms with van der Waals surface area (Å²) in [5.41, 5.74) is 0. The molecule has 0 radical (unpaired) electrons. The van der Waals surface area contributed by atoms with E-state index in [0.29, 0.717) is 6.42 Å². The van der Waals surface area contributed by atoms with Gasteiger partial charge in [-0.1, -0.05) is 19.1 Å². The zero-order valence-electron chi connectivity index (χ0n) is 12.4. The number of allylic oxidation sites excluding steroid dienone is 1. The number of carboxylic acids is 1. The van der Waals surface area contributed by atoms with Crippen molar-refractivity contribution in [2.24, 2.45) is 0 Å². The molecule has 0 spiro atoms. The van der Waals surface area contributed by atoms with Crippen molar-refractivity contribution in [2.75, 3.05) is 6.61 Å². The second-order valence-corrected chi connectivity index (χ2v) is 5.17. The number of rotatable bonds is 8. The van der Waals surface area contributed by atoms with Crippen LogP contribution in [0, 0.1) is 0 Å². The number of ether oxygens (including phenoxy) is 2. The first-order valence-electron chi connectivity index (χ1n) is 7.23. The van der Waals surface area contributed by atoms with E-state index >= 15 is 0 Å². The number of aliphatic hydroxyl groups is 4. The first-order valence-corrected chi connectivity index (χ1v) is 7.23. The van der Waals surface area contributed by atoms with Gasteiger partial charge in [0.2, 0.25) is 0 Å². The van der Waals surface area contributed by atoms with E-state index in [1.807, 2.05) is 13.0 Å². The minimum Gasteiger partial charge on any atom is -0.481 e. The first-order chi connectivity index (χ1) is 10.4. The minimum absolute atomic E-state index is 0.301. The Labute approximate surface area is 128 Å². The normalized spacial score (nSPS) is 34.0. The fourth-order valence-corrected chi connectivity index (χ4v) is 2.17. The Bertz CT molecular complexity index is 370. The van der Waals surface area contributed by atoms with Crippen molar-refractivity contribution >= 4 is 5.97 Å². The molecule has 0 aliphatic carbocycles. The van der Waals surface area contributed by atoms with Crippen molar-refractivity contribution in [3.63, 3.8) is 0 Å². The molecule has 0 bridgehead atoms. The smallest absolute Gasteiger partial charge is 0.305 e. The van der Waals surface area contributed by atoms with Crippen LogP contribution in [0.15, 0.2) is 12.2 Å². The lowest BCUT2D eigenvalue weighted by Crippen LogP contribution is -2.59. The van der Waals surface area contributed by atoms with Crippen molar-refractivity contribution < 1.29 is 39.8 Å². The molecule has 0 amide bonds. The van der Waals surface area contributed by atoms with Gasteiger partial charge in [-0.25, -0.2) is 0 Å². The largest absolute Gasteiger partial charge is 0.481 e. The third kappa shape index (κ3) is 5.31. The molecule has 128 valence electrons. The maximum absolute atomic E-state index is 10.9. The molecule has 1 rings (SSSR count). The molecular weight excluding hydrogens is 296 g/mol. The molecule has 1 saturated heterocycles. The van der Waals surface area contributed by atoms with E-state index in [0.717, 1.165) is 6.42 Å². The number of hydrogen-bond donors (Lipinski definition) is 5. The van der Waals surface area contributed by atoms with Crippen molar-refractivity contribution in [1.82, 2.24) is 0 Å². The van der Waals surface area contributed by atoms with E-state index < -0.39 is 49.4 Å². The Morgan fingerprint density at radius 2 is 1.91 bits per heavy atom. The second kappa shape index (κ2) is 9.19. The van der Waals surface area contributed by atoms with Crippen LogP contribution < -0.4 is 0 Å². The average Bonchev–Trinajstić information content (AvgIpc) is 2.47. The molecule has 0 aromatic rings. The van der Waals surface area contributed by atoms with Crippen LogP contribution in [-0.4, -0.2) is 74.9 Å². The van der Waals surface area contributed by atoms with E-state index in [2.05, 4.69) is 0 Å². The monoisotopic (exact) mass is 320 g/mol. The maximum Gasteiger partial charge on any atom is 0.305 e. The highest BCUT2D eigenvalue weighted by molar-refractivity contribution is 5.67. The molecule has 1 unspecified atom stereocenters. The van der Waals surface area contributed by atoms with E-state index in [1.165, 1.54) is 0 Å². The number of aliphatic carboxylic acids is 1. The zero-order chi connectivity index (χ0) is 16.7. The Morgan fingerprint density at radius 1 is 1.23 bits per heavy atom. The van der Waals surface area contributed by atoms with E-state index in [9.17, 15) is 20.1 Å². The summed E-state index contributed by atoms with van der Waals surface area (Å²) in [6, 6.07) is 0. The van der Waals surface area contributed by atoms with Crippen molar-refractivity contribution in [1.29, 1.82) is 0 Å². The van der Waals surface area contributed by atoms with Gasteiger partial charge in [0.1, 0.15) is 24.4 Å². The van der Waals surface area contributed by atoms with Gasteiger partial charge in [0.15, 0.2) is 6.29 Å². The summed E-state index contributed by atoms with van der Waals surface area (Å²) in [4.78, 5) is 10.9. The molecule has 1 aliphatic rings. The highest BCUT2D eigenvalue weighted by Gasteiger charge is 2.44. The van der Waals surface area contributed by atoms with Gasteiger partial charge in [-0.3, -0.25) is 4.79 Å². The van der Waals surface area contributed by atoms with Gasteiger partial charge in [0.05, 0.1) is 19.1 Å². The lowest BCUT2D eigenvalue weighted by atomic mass is 9.99. The Morgan fingerprint density at radius 3 is 2.45 bits per heavy atom. The van der Waals surface area contributed by atoms with Gasteiger partial charge in [0, 0.05) is 0 Å². The molecule has 1 fully saturated rings. The molecule has 22 heavy (non-hydrogen) atoms. The Hall–Kier alpha value is -1.03. The third-order valence-electron chi connectivity index (χ3n) is 3.38. The van der Waals surface area contributed by atoms with Gasteiger partial charge in [-0.2, -0.15) is 0 Å². The van der Waals surface area contributed by atoms with Crippen molar-refractivity contribution in [2.45, 2.75) is 63.0 Å². The highest BCUT2D eigenvalue weighted by atomic mass is 16.7. The topological polar surface area (TPSA) is 137 Å². The van der Waals surface area contributed by atoms with Crippen LogP contribution in [0.5, 0.6) is 0 Å². The molecule has 0 aromatic carbocycles. The fourth-order valence-electron chi connectivity index (χ4n) is 2.17. The predicted molar refractivity (Wildman–Crippen MR) is 74.9 cm³/mol. The summed E-state index contributed by atoms with van der Waals surface area (Å²) in [5, 5.41) is 47.2. The minimum atomic E-state index is -1.55. The summed E-state index contributed by atoms with van der Waals surface area (Å²) in [6.07, 6.45) is -3.33. The van der Waals surface area contributed by atoms with Crippen LogP contribution in [0.2, 0.25) is 0 Å². The quantitative estimate of drug-likeness (QED) is 0.359. The van der Waals surface area contributed by atoms with E-state index in [-0.39, 0.29) is 6.42 Å². The molecule has 5 N–H and O–H groups in total.